The van der Waals surface area contributed by atoms with Crippen LogP contribution in [0.3, 0.4) is 0 Å². The highest BCUT2D eigenvalue weighted by atomic mass is 32.2. The molecule has 0 heterocycles. The predicted octanol–water partition coefficient (Wildman–Crippen LogP) is 6.96. The summed E-state index contributed by atoms with van der Waals surface area (Å²) >= 11 is 0. The lowest BCUT2D eigenvalue weighted by Gasteiger charge is -2.19. The smallest absolute Gasteiger partial charge is 0.412 e. The molecule has 1 unspecified atom stereocenters. The zero-order chi connectivity index (χ0) is 25.6. The van der Waals surface area contributed by atoms with Gasteiger partial charge >= 0.3 is 6.09 Å². The van der Waals surface area contributed by atoms with Gasteiger partial charge in [0.15, 0.2) is 0 Å². The first-order chi connectivity index (χ1) is 16.5. The van der Waals surface area contributed by atoms with Crippen LogP contribution in [0.15, 0.2) is 71.6 Å². The van der Waals surface area contributed by atoms with E-state index in [1.165, 1.54) is 5.56 Å². The summed E-state index contributed by atoms with van der Waals surface area (Å²) in [5.41, 5.74) is 1.89. The van der Waals surface area contributed by atoms with E-state index in [0.717, 1.165) is 0 Å². The molecule has 182 valence electrons. The summed E-state index contributed by atoms with van der Waals surface area (Å²) in [4.78, 5) is 12.5. The molecule has 0 radical (unpaired) electrons. The van der Waals surface area contributed by atoms with Gasteiger partial charge in [-0.2, -0.15) is 5.26 Å². The molecule has 0 bridgehead atoms. The maximum absolute atomic E-state index is 12.7. The Kier molecular flexibility index (Phi) is 8.15. The van der Waals surface area contributed by atoms with E-state index in [-0.39, 0.29) is 0 Å². The van der Waals surface area contributed by atoms with Crippen LogP contribution in [0.4, 0.5) is 16.2 Å². The molecule has 0 aromatic heterocycles. The summed E-state index contributed by atoms with van der Waals surface area (Å²) < 4.78 is 26.7. The summed E-state index contributed by atoms with van der Waals surface area (Å²) in [6.45, 7) is 9.58. The van der Waals surface area contributed by atoms with Crippen LogP contribution in [0.25, 0.3) is 0 Å². The van der Waals surface area contributed by atoms with Gasteiger partial charge in [0.1, 0.15) is 34.2 Å². The zero-order valence-corrected chi connectivity index (χ0v) is 21.2. The van der Waals surface area contributed by atoms with Gasteiger partial charge in [0.05, 0.1) is 16.1 Å². The second kappa shape index (κ2) is 11.1. The van der Waals surface area contributed by atoms with Crippen molar-refractivity contribution in [1.29, 1.82) is 5.26 Å². The Morgan fingerprint density at radius 1 is 0.971 bits per heavy atom. The van der Waals surface area contributed by atoms with E-state index in [1.54, 1.807) is 63.2 Å². The van der Waals surface area contributed by atoms with Crippen molar-refractivity contribution in [3.05, 3.63) is 77.9 Å². The number of nitrogens with one attached hydrogen (secondary N) is 2. The SMILES string of the molecule is CC(C)c1ccc(S(=O)Nc2ccc(Oc3ccc(NC(=O)OC(C)(C)C)cc3)cc2C#N)cc1. The fraction of sp³-hybridized carbons (Fsp3) is 0.259. The molecule has 1 amide bonds. The number of carbonyl (C=O) groups is 1. The Balaban J connectivity index is 1.65. The van der Waals surface area contributed by atoms with E-state index in [0.29, 0.717) is 39.3 Å². The van der Waals surface area contributed by atoms with Crippen LogP contribution in [-0.2, 0) is 15.7 Å². The standard InChI is InChI=1S/C27H29N3O4S/c1-18(2)19-6-13-24(14-7-19)35(32)30-25-15-12-23(16-20(25)17-28)33-22-10-8-21(9-11-22)29-26(31)34-27(3,4)5/h6-16,18,30H,1-5H3,(H,29,31). The Morgan fingerprint density at radius 2 is 1.60 bits per heavy atom. The summed E-state index contributed by atoms with van der Waals surface area (Å²) in [7, 11) is -1.51. The van der Waals surface area contributed by atoms with Gasteiger partial charge in [-0.3, -0.25) is 10.0 Å². The average molecular weight is 492 g/mol. The van der Waals surface area contributed by atoms with Gasteiger partial charge < -0.3 is 9.47 Å². The van der Waals surface area contributed by atoms with E-state index in [1.807, 2.05) is 24.3 Å². The molecule has 3 rings (SSSR count). The van der Waals surface area contributed by atoms with Crippen LogP contribution in [0, 0.1) is 11.3 Å². The first kappa shape index (κ1) is 25.8. The highest BCUT2D eigenvalue weighted by Crippen LogP contribution is 2.28. The second-order valence-corrected chi connectivity index (χ2v) is 10.4. The Bertz CT molecular complexity index is 1240. The zero-order valence-electron chi connectivity index (χ0n) is 20.4. The number of hydrogen-bond donors (Lipinski definition) is 2. The fourth-order valence-electron chi connectivity index (χ4n) is 3.07. The lowest BCUT2D eigenvalue weighted by molar-refractivity contribution is 0.0636. The monoisotopic (exact) mass is 491 g/mol. The summed E-state index contributed by atoms with van der Waals surface area (Å²) in [5, 5.41) is 12.3. The van der Waals surface area contributed by atoms with Crippen LogP contribution < -0.4 is 14.8 Å². The molecule has 0 saturated carbocycles. The van der Waals surface area contributed by atoms with Crippen molar-refractivity contribution in [1.82, 2.24) is 0 Å². The molecule has 0 aliphatic carbocycles. The summed E-state index contributed by atoms with van der Waals surface area (Å²) in [5.74, 6) is 1.37. The van der Waals surface area contributed by atoms with Crippen molar-refractivity contribution in [2.45, 2.75) is 51.0 Å². The van der Waals surface area contributed by atoms with Crippen molar-refractivity contribution in [2.75, 3.05) is 10.0 Å². The number of rotatable bonds is 7. The highest BCUT2D eigenvalue weighted by molar-refractivity contribution is 7.86. The number of benzene rings is 3. The van der Waals surface area contributed by atoms with Gasteiger partial charge in [0, 0.05) is 11.8 Å². The lowest BCUT2D eigenvalue weighted by atomic mass is 10.0. The molecule has 7 nitrogen and oxygen atoms in total. The maximum Gasteiger partial charge on any atom is 0.412 e. The molecule has 0 saturated heterocycles. The summed E-state index contributed by atoms with van der Waals surface area (Å²) in [6.07, 6.45) is -0.541. The number of carbonyl (C=O) groups excluding carboxylic acids is 1. The molecule has 1 atom stereocenters. The van der Waals surface area contributed by atoms with E-state index in [2.05, 4.69) is 30.0 Å². The maximum atomic E-state index is 12.7. The first-order valence-electron chi connectivity index (χ1n) is 11.1. The number of anilines is 2. The number of ether oxygens (including phenoxy) is 2. The van der Waals surface area contributed by atoms with Crippen LogP contribution in [0.1, 0.15) is 51.7 Å². The lowest BCUT2D eigenvalue weighted by Crippen LogP contribution is -2.27. The van der Waals surface area contributed by atoms with Crippen molar-refractivity contribution in [3.8, 4) is 17.6 Å². The van der Waals surface area contributed by atoms with Crippen molar-refractivity contribution in [2.24, 2.45) is 0 Å². The normalized spacial score (nSPS) is 11.9. The van der Waals surface area contributed by atoms with Crippen molar-refractivity contribution >= 4 is 28.5 Å². The van der Waals surface area contributed by atoms with Crippen LogP contribution in [0.2, 0.25) is 0 Å². The third-order valence-electron chi connectivity index (χ3n) is 4.81. The Labute approximate surface area is 208 Å². The molecule has 0 spiro atoms. The number of hydrogen-bond acceptors (Lipinski definition) is 5. The van der Waals surface area contributed by atoms with Gasteiger partial charge in [-0.15, -0.1) is 0 Å². The molecule has 8 heteroatoms. The topological polar surface area (TPSA) is 100 Å². The molecular formula is C27H29N3O4S. The van der Waals surface area contributed by atoms with Crippen molar-refractivity contribution in [3.63, 3.8) is 0 Å². The minimum absolute atomic E-state index is 0.304. The van der Waals surface area contributed by atoms with Crippen LogP contribution >= 0.6 is 0 Å². The second-order valence-electron chi connectivity index (χ2n) is 9.17. The van der Waals surface area contributed by atoms with Gasteiger partial charge in [-0.05, 0) is 80.8 Å². The predicted molar refractivity (Wildman–Crippen MR) is 138 cm³/mol. The van der Waals surface area contributed by atoms with Gasteiger partial charge in [-0.25, -0.2) is 9.00 Å². The third kappa shape index (κ3) is 7.59. The Morgan fingerprint density at radius 3 is 2.17 bits per heavy atom. The van der Waals surface area contributed by atoms with Crippen LogP contribution in [0.5, 0.6) is 11.5 Å². The quantitative estimate of drug-likeness (QED) is 0.372. The van der Waals surface area contributed by atoms with Gasteiger partial charge in [-0.1, -0.05) is 26.0 Å². The first-order valence-corrected chi connectivity index (χ1v) is 12.3. The molecule has 0 fully saturated rings. The minimum Gasteiger partial charge on any atom is -0.457 e. The number of amides is 1. The molecule has 0 aliphatic rings. The van der Waals surface area contributed by atoms with E-state index in [4.69, 9.17) is 9.47 Å². The van der Waals surface area contributed by atoms with E-state index in [9.17, 15) is 14.3 Å². The van der Waals surface area contributed by atoms with Gasteiger partial charge in [0.2, 0.25) is 0 Å². The number of nitrogens with zero attached hydrogens (tertiary/aromatic N) is 1. The highest BCUT2D eigenvalue weighted by Gasteiger charge is 2.16. The molecule has 35 heavy (non-hydrogen) atoms. The van der Waals surface area contributed by atoms with E-state index >= 15 is 0 Å². The molecule has 3 aromatic carbocycles. The third-order valence-corrected chi connectivity index (χ3v) is 5.92. The van der Waals surface area contributed by atoms with E-state index < -0.39 is 22.7 Å². The average Bonchev–Trinajstić information content (AvgIpc) is 2.80. The van der Waals surface area contributed by atoms with Gasteiger partial charge in [0.25, 0.3) is 0 Å². The Hall–Kier alpha value is -3.83. The number of nitriles is 1. The molecule has 3 aromatic rings. The molecule has 2 N–H and O–H groups in total. The summed E-state index contributed by atoms with van der Waals surface area (Å²) in [6, 6.07) is 21.4. The van der Waals surface area contributed by atoms with Crippen molar-refractivity contribution < 1.29 is 18.5 Å². The minimum atomic E-state index is -1.51. The fourth-order valence-corrected chi connectivity index (χ4v) is 3.95. The molecular weight excluding hydrogens is 462 g/mol. The molecule has 0 aliphatic heterocycles. The largest absolute Gasteiger partial charge is 0.457 e. The van der Waals surface area contributed by atoms with Crippen LogP contribution in [-0.4, -0.2) is 15.9 Å².